The molecule has 0 atom stereocenters. The van der Waals surface area contributed by atoms with Crippen LogP contribution in [-0.4, -0.2) is 28.9 Å². The Hall–Kier alpha value is -3.48. The number of amides is 1. The monoisotopic (exact) mass is 405 g/mol. The van der Waals surface area contributed by atoms with Gasteiger partial charge in [-0.15, -0.1) is 0 Å². The van der Waals surface area contributed by atoms with Gasteiger partial charge in [-0.1, -0.05) is 12.1 Å². The van der Waals surface area contributed by atoms with Gasteiger partial charge >= 0.3 is 0 Å². The number of nitrogens with zero attached hydrogens (tertiary/aromatic N) is 3. The van der Waals surface area contributed by atoms with Crippen molar-refractivity contribution in [2.45, 2.75) is 25.9 Å². The summed E-state index contributed by atoms with van der Waals surface area (Å²) in [4.78, 5) is 21.8. The number of para-hydroxylation sites is 2. The molecule has 30 heavy (non-hydrogen) atoms. The molecule has 0 bridgehead atoms. The summed E-state index contributed by atoms with van der Waals surface area (Å²) in [5, 5.41) is 0. The van der Waals surface area contributed by atoms with Gasteiger partial charge in [0.1, 0.15) is 17.0 Å². The first-order valence-corrected chi connectivity index (χ1v) is 10.2. The Morgan fingerprint density at radius 3 is 2.23 bits per heavy atom. The molecule has 0 spiro atoms. The minimum atomic E-state index is -0.0458. The molecular formula is C23H23N3O4. The second-order valence-corrected chi connectivity index (χ2v) is 7.58. The molecule has 0 saturated carbocycles. The molecule has 5 rings (SSSR count). The lowest BCUT2D eigenvalue weighted by molar-refractivity contribution is -0.138. The quantitative estimate of drug-likeness (QED) is 0.471. The Balaban J connectivity index is 1.26. The lowest BCUT2D eigenvalue weighted by Gasteiger charge is -2.33. The van der Waals surface area contributed by atoms with E-state index in [1.165, 1.54) is 0 Å². The first-order chi connectivity index (χ1) is 14.8. The molecule has 0 aliphatic carbocycles. The minimum Gasteiger partial charge on any atom is -0.467 e. The van der Waals surface area contributed by atoms with Crippen LogP contribution in [0, 0.1) is 5.92 Å². The predicted octanol–water partition coefficient (Wildman–Crippen LogP) is 4.46. The summed E-state index contributed by atoms with van der Waals surface area (Å²) in [6.45, 7) is 2.33. The van der Waals surface area contributed by atoms with Crippen LogP contribution in [0.2, 0.25) is 0 Å². The fraction of sp³-hybridized carbons (Fsp3) is 0.304. The first kappa shape index (κ1) is 18.5. The topological polar surface area (TPSA) is 75.9 Å². The van der Waals surface area contributed by atoms with Gasteiger partial charge in [-0.3, -0.25) is 4.79 Å². The normalized spacial score (nSPS) is 15.0. The van der Waals surface area contributed by atoms with E-state index in [0.717, 1.165) is 48.6 Å². The zero-order valence-corrected chi connectivity index (χ0v) is 16.6. The van der Waals surface area contributed by atoms with Crippen LogP contribution in [0.25, 0.3) is 11.1 Å². The fourth-order valence-corrected chi connectivity index (χ4v) is 3.96. The molecule has 4 aromatic rings. The molecule has 1 amide bonds. The van der Waals surface area contributed by atoms with Crippen LogP contribution >= 0.6 is 0 Å². The average Bonchev–Trinajstić information content (AvgIpc) is 3.54. The number of piperidine rings is 1. The minimum absolute atomic E-state index is 0.0458. The zero-order valence-electron chi connectivity index (χ0n) is 16.6. The fourth-order valence-electron chi connectivity index (χ4n) is 3.96. The molecule has 0 radical (unpaired) electrons. The van der Waals surface area contributed by atoms with Crippen LogP contribution in [0.5, 0.6) is 0 Å². The van der Waals surface area contributed by atoms with Crippen molar-refractivity contribution in [3.63, 3.8) is 0 Å². The van der Waals surface area contributed by atoms with Crippen molar-refractivity contribution in [3.05, 3.63) is 72.6 Å². The Bertz CT molecular complexity index is 1020. The maximum atomic E-state index is 13.3. The number of fused-ring (bicyclic) bond motifs is 1. The molecule has 0 unspecified atom stereocenters. The van der Waals surface area contributed by atoms with E-state index in [0.29, 0.717) is 19.1 Å². The number of hydrogen-bond donors (Lipinski definition) is 0. The summed E-state index contributed by atoms with van der Waals surface area (Å²) < 4.78 is 16.8. The van der Waals surface area contributed by atoms with Gasteiger partial charge in [0.2, 0.25) is 5.91 Å². The van der Waals surface area contributed by atoms with Crippen molar-refractivity contribution in [2.75, 3.05) is 18.0 Å². The van der Waals surface area contributed by atoms with E-state index in [2.05, 4.69) is 9.88 Å². The summed E-state index contributed by atoms with van der Waals surface area (Å²) in [5.74, 6) is 1.60. The maximum Gasteiger partial charge on any atom is 0.298 e. The molecule has 4 heterocycles. The van der Waals surface area contributed by atoms with E-state index in [1.807, 2.05) is 53.4 Å². The lowest BCUT2D eigenvalue weighted by Crippen LogP contribution is -2.42. The zero-order chi connectivity index (χ0) is 20.3. The molecule has 1 fully saturated rings. The van der Waals surface area contributed by atoms with Crippen LogP contribution in [0.1, 0.15) is 24.4 Å². The highest BCUT2D eigenvalue weighted by atomic mass is 16.4. The predicted molar refractivity (Wildman–Crippen MR) is 111 cm³/mol. The third-order valence-corrected chi connectivity index (χ3v) is 5.56. The van der Waals surface area contributed by atoms with Crippen LogP contribution in [-0.2, 0) is 17.9 Å². The Labute approximate surface area is 173 Å². The van der Waals surface area contributed by atoms with E-state index in [4.69, 9.17) is 13.3 Å². The van der Waals surface area contributed by atoms with Crippen molar-refractivity contribution in [1.82, 2.24) is 9.88 Å². The summed E-state index contributed by atoms with van der Waals surface area (Å²) in [6, 6.07) is 15.8. The van der Waals surface area contributed by atoms with Crippen LogP contribution < -0.4 is 4.90 Å². The van der Waals surface area contributed by atoms with Crippen molar-refractivity contribution in [2.24, 2.45) is 5.92 Å². The van der Waals surface area contributed by atoms with Crippen LogP contribution in [0.3, 0.4) is 0 Å². The SMILES string of the molecule is O=C(C1CCN(c2nc3ccccc3o2)CC1)N(Cc1ccco1)Cc1ccco1. The number of oxazole rings is 1. The van der Waals surface area contributed by atoms with E-state index >= 15 is 0 Å². The van der Waals surface area contributed by atoms with Crippen molar-refractivity contribution in [1.29, 1.82) is 0 Å². The molecule has 3 aromatic heterocycles. The third-order valence-electron chi connectivity index (χ3n) is 5.56. The van der Waals surface area contributed by atoms with Gasteiger partial charge in [0.15, 0.2) is 5.58 Å². The van der Waals surface area contributed by atoms with Gasteiger partial charge < -0.3 is 23.1 Å². The maximum absolute atomic E-state index is 13.3. The highest BCUT2D eigenvalue weighted by molar-refractivity contribution is 5.79. The number of rotatable bonds is 6. The number of furan rings is 2. The number of carbonyl (C=O) groups excluding carboxylic acids is 1. The van der Waals surface area contributed by atoms with Gasteiger partial charge in [-0.2, -0.15) is 4.98 Å². The standard InChI is InChI=1S/C23H23N3O4/c27-22(26(15-18-5-3-13-28-18)16-19-6-4-14-29-19)17-9-11-25(12-10-17)23-24-20-7-1-2-8-21(20)30-23/h1-8,13-14,17H,9-12,15-16H2. The number of carbonyl (C=O) groups is 1. The summed E-state index contributed by atoms with van der Waals surface area (Å²) >= 11 is 0. The van der Waals surface area contributed by atoms with Gasteiger partial charge in [0.25, 0.3) is 6.01 Å². The van der Waals surface area contributed by atoms with Crippen molar-refractivity contribution < 1.29 is 18.0 Å². The van der Waals surface area contributed by atoms with Gasteiger partial charge in [-0.05, 0) is 49.2 Å². The third kappa shape index (κ3) is 3.83. The second kappa shape index (κ2) is 8.10. The number of benzene rings is 1. The lowest BCUT2D eigenvalue weighted by atomic mass is 9.95. The van der Waals surface area contributed by atoms with Gasteiger partial charge in [0, 0.05) is 19.0 Å². The molecule has 0 N–H and O–H groups in total. The molecule has 7 nitrogen and oxygen atoms in total. The van der Waals surface area contributed by atoms with E-state index in [1.54, 1.807) is 12.5 Å². The highest BCUT2D eigenvalue weighted by Gasteiger charge is 2.31. The molecule has 1 aliphatic heterocycles. The molecular weight excluding hydrogens is 382 g/mol. The average molecular weight is 405 g/mol. The molecule has 7 heteroatoms. The van der Waals surface area contributed by atoms with Crippen LogP contribution in [0.4, 0.5) is 6.01 Å². The Morgan fingerprint density at radius 1 is 0.967 bits per heavy atom. The first-order valence-electron chi connectivity index (χ1n) is 10.2. The van der Waals surface area contributed by atoms with Crippen molar-refractivity contribution >= 4 is 23.0 Å². The molecule has 1 saturated heterocycles. The van der Waals surface area contributed by atoms with Gasteiger partial charge in [-0.25, -0.2) is 0 Å². The summed E-state index contributed by atoms with van der Waals surface area (Å²) in [7, 11) is 0. The summed E-state index contributed by atoms with van der Waals surface area (Å²) in [5.41, 5.74) is 1.64. The molecule has 1 aromatic carbocycles. The number of aromatic nitrogens is 1. The Morgan fingerprint density at radius 2 is 1.63 bits per heavy atom. The molecule has 154 valence electrons. The van der Waals surface area contributed by atoms with Gasteiger partial charge in [0.05, 0.1) is 25.6 Å². The van der Waals surface area contributed by atoms with Crippen molar-refractivity contribution in [3.8, 4) is 0 Å². The van der Waals surface area contributed by atoms with E-state index < -0.39 is 0 Å². The smallest absolute Gasteiger partial charge is 0.298 e. The highest BCUT2D eigenvalue weighted by Crippen LogP contribution is 2.28. The van der Waals surface area contributed by atoms with E-state index in [-0.39, 0.29) is 11.8 Å². The van der Waals surface area contributed by atoms with Crippen LogP contribution in [0.15, 0.2) is 74.3 Å². The number of anilines is 1. The molecule has 1 aliphatic rings. The second-order valence-electron chi connectivity index (χ2n) is 7.58. The van der Waals surface area contributed by atoms with E-state index in [9.17, 15) is 4.79 Å². The Kier molecular flexibility index (Phi) is 5.01. The number of hydrogen-bond acceptors (Lipinski definition) is 6. The summed E-state index contributed by atoms with van der Waals surface area (Å²) in [6.07, 6.45) is 4.77. The largest absolute Gasteiger partial charge is 0.467 e.